The maximum absolute atomic E-state index is 14.0. The maximum Gasteiger partial charge on any atom is 0.180 e. The molecule has 7 heteroatoms. The van der Waals surface area contributed by atoms with Gasteiger partial charge in [-0.25, -0.2) is 4.39 Å². The Labute approximate surface area is 174 Å². The fourth-order valence-corrected chi connectivity index (χ4v) is 3.63. The molecule has 1 unspecified atom stereocenters. The summed E-state index contributed by atoms with van der Waals surface area (Å²) in [5, 5.41) is 4.10. The molecule has 0 aromatic heterocycles. The van der Waals surface area contributed by atoms with Crippen molar-refractivity contribution in [1.29, 1.82) is 0 Å². The molecule has 0 radical (unpaired) electrons. The standard InChI is InChI=1S/C21H24Cl2FNO3/c1-2-26-20-10-14(11-25-12-15-5-4-8-27-15)9-18(23)21(20)28-13-16-17(22)6-3-7-19(16)24/h3,6-7,9-10,15,25H,2,4-5,8,11-13H2,1H3. The van der Waals surface area contributed by atoms with Gasteiger partial charge in [-0.2, -0.15) is 0 Å². The van der Waals surface area contributed by atoms with Crippen LogP contribution in [0.25, 0.3) is 0 Å². The van der Waals surface area contributed by atoms with Crippen LogP contribution in [0.3, 0.4) is 0 Å². The van der Waals surface area contributed by atoms with Crippen molar-refractivity contribution in [1.82, 2.24) is 5.32 Å². The third-order valence-corrected chi connectivity index (χ3v) is 5.15. The van der Waals surface area contributed by atoms with Crippen LogP contribution in [-0.4, -0.2) is 25.9 Å². The average Bonchev–Trinajstić information content (AvgIpc) is 3.17. The lowest BCUT2D eigenvalue weighted by molar-refractivity contribution is 0.110. The predicted molar refractivity (Wildman–Crippen MR) is 109 cm³/mol. The van der Waals surface area contributed by atoms with E-state index in [-0.39, 0.29) is 18.3 Å². The normalized spacial score (nSPS) is 16.4. The minimum Gasteiger partial charge on any atom is -0.490 e. The highest BCUT2D eigenvalue weighted by Crippen LogP contribution is 2.37. The molecule has 0 aliphatic carbocycles. The summed E-state index contributed by atoms with van der Waals surface area (Å²) in [6.07, 6.45) is 2.48. The molecule has 28 heavy (non-hydrogen) atoms. The lowest BCUT2D eigenvalue weighted by Gasteiger charge is -2.17. The van der Waals surface area contributed by atoms with E-state index in [9.17, 15) is 4.39 Å². The first-order valence-electron chi connectivity index (χ1n) is 9.41. The third-order valence-electron chi connectivity index (χ3n) is 4.52. The van der Waals surface area contributed by atoms with Gasteiger partial charge in [0, 0.05) is 25.3 Å². The van der Waals surface area contributed by atoms with Crippen LogP contribution in [0.2, 0.25) is 10.0 Å². The number of hydrogen-bond donors (Lipinski definition) is 1. The molecule has 1 saturated heterocycles. The largest absolute Gasteiger partial charge is 0.490 e. The fourth-order valence-electron chi connectivity index (χ4n) is 3.12. The van der Waals surface area contributed by atoms with Gasteiger partial charge in [0.25, 0.3) is 0 Å². The number of rotatable bonds is 9. The first-order valence-corrected chi connectivity index (χ1v) is 10.2. The zero-order chi connectivity index (χ0) is 19.9. The van der Waals surface area contributed by atoms with Crippen LogP contribution in [0.4, 0.5) is 4.39 Å². The van der Waals surface area contributed by atoms with Crippen molar-refractivity contribution < 1.29 is 18.6 Å². The predicted octanol–water partition coefficient (Wildman–Crippen LogP) is 5.38. The molecule has 1 fully saturated rings. The molecule has 0 spiro atoms. The molecule has 0 amide bonds. The monoisotopic (exact) mass is 427 g/mol. The van der Waals surface area contributed by atoms with Crippen LogP contribution in [0.5, 0.6) is 11.5 Å². The topological polar surface area (TPSA) is 39.7 Å². The Morgan fingerprint density at radius 1 is 1.21 bits per heavy atom. The average molecular weight is 428 g/mol. The van der Waals surface area contributed by atoms with Crippen LogP contribution in [0, 0.1) is 5.82 Å². The Hall–Kier alpha value is -1.53. The Kier molecular flexibility index (Phi) is 7.80. The second-order valence-electron chi connectivity index (χ2n) is 6.59. The van der Waals surface area contributed by atoms with E-state index in [2.05, 4.69) is 5.32 Å². The van der Waals surface area contributed by atoms with Crippen molar-refractivity contribution in [2.45, 2.75) is 39.0 Å². The zero-order valence-electron chi connectivity index (χ0n) is 15.8. The number of nitrogens with one attached hydrogen (secondary N) is 1. The van der Waals surface area contributed by atoms with Gasteiger partial charge in [0.05, 0.1) is 22.8 Å². The smallest absolute Gasteiger partial charge is 0.180 e. The Balaban J connectivity index is 1.69. The van der Waals surface area contributed by atoms with E-state index in [1.165, 1.54) is 6.07 Å². The summed E-state index contributed by atoms with van der Waals surface area (Å²) in [5.41, 5.74) is 1.26. The maximum atomic E-state index is 14.0. The molecule has 1 N–H and O–H groups in total. The zero-order valence-corrected chi connectivity index (χ0v) is 17.3. The molecular formula is C21H24Cl2FNO3. The van der Waals surface area contributed by atoms with Gasteiger partial charge in [-0.1, -0.05) is 29.3 Å². The Morgan fingerprint density at radius 3 is 2.79 bits per heavy atom. The lowest BCUT2D eigenvalue weighted by atomic mass is 10.1. The molecule has 2 aromatic rings. The summed E-state index contributed by atoms with van der Waals surface area (Å²) in [5.74, 6) is 0.485. The van der Waals surface area contributed by atoms with Crippen LogP contribution in [-0.2, 0) is 17.9 Å². The minimum absolute atomic E-state index is 0.0398. The van der Waals surface area contributed by atoms with Crippen molar-refractivity contribution in [2.75, 3.05) is 19.8 Å². The van der Waals surface area contributed by atoms with Gasteiger partial charge in [0.2, 0.25) is 0 Å². The Bertz CT molecular complexity index is 777. The molecular weight excluding hydrogens is 404 g/mol. The summed E-state index contributed by atoms with van der Waals surface area (Å²) in [6.45, 7) is 4.57. The molecule has 152 valence electrons. The molecule has 1 atom stereocenters. The molecule has 0 saturated carbocycles. The summed E-state index contributed by atoms with van der Waals surface area (Å²) >= 11 is 12.5. The van der Waals surface area contributed by atoms with E-state index in [1.54, 1.807) is 12.1 Å². The van der Waals surface area contributed by atoms with Gasteiger partial charge in [0.1, 0.15) is 12.4 Å². The molecule has 1 aliphatic rings. The van der Waals surface area contributed by atoms with Crippen LogP contribution in [0.1, 0.15) is 30.9 Å². The third kappa shape index (κ3) is 5.51. The van der Waals surface area contributed by atoms with Gasteiger partial charge < -0.3 is 19.5 Å². The second kappa shape index (κ2) is 10.3. The highest BCUT2D eigenvalue weighted by atomic mass is 35.5. The number of hydrogen-bond acceptors (Lipinski definition) is 4. The molecule has 0 bridgehead atoms. The van der Waals surface area contributed by atoms with Crippen LogP contribution in [0.15, 0.2) is 30.3 Å². The van der Waals surface area contributed by atoms with Gasteiger partial charge in [-0.15, -0.1) is 0 Å². The molecule has 4 nitrogen and oxygen atoms in total. The van der Waals surface area contributed by atoms with Gasteiger partial charge >= 0.3 is 0 Å². The minimum atomic E-state index is -0.420. The Morgan fingerprint density at radius 2 is 2.07 bits per heavy atom. The fraction of sp³-hybridized carbons (Fsp3) is 0.429. The first kappa shape index (κ1) is 21.2. The summed E-state index contributed by atoms with van der Waals surface area (Å²) in [6, 6.07) is 8.23. The van der Waals surface area contributed by atoms with Crippen LogP contribution < -0.4 is 14.8 Å². The summed E-state index contributed by atoms with van der Waals surface area (Å²) < 4.78 is 31.1. The van der Waals surface area contributed by atoms with E-state index in [0.717, 1.165) is 31.6 Å². The van der Waals surface area contributed by atoms with Crippen molar-refractivity contribution in [3.05, 3.63) is 57.3 Å². The van der Waals surface area contributed by atoms with Crippen molar-refractivity contribution in [3.63, 3.8) is 0 Å². The highest BCUT2D eigenvalue weighted by molar-refractivity contribution is 6.32. The molecule has 1 aliphatic heterocycles. The van der Waals surface area contributed by atoms with Gasteiger partial charge in [-0.05, 0) is 49.6 Å². The van der Waals surface area contributed by atoms with Crippen LogP contribution >= 0.6 is 23.2 Å². The quantitative estimate of drug-likeness (QED) is 0.582. The van der Waals surface area contributed by atoms with E-state index in [0.29, 0.717) is 34.7 Å². The molecule has 1 heterocycles. The van der Waals surface area contributed by atoms with E-state index >= 15 is 0 Å². The first-order chi connectivity index (χ1) is 13.6. The molecule has 2 aromatic carbocycles. The van der Waals surface area contributed by atoms with Gasteiger partial charge in [-0.3, -0.25) is 0 Å². The van der Waals surface area contributed by atoms with E-state index < -0.39 is 5.82 Å². The number of benzene rings is 2. The number of halogens is 3. The van der Waals surface area contributed by atoms with Crippen molar-refractivity contribution in [2.24, 2.45) is 0 Å². The lowest BCUT2D eigenvalue weighted by Crippen LogP contribution is -2.25. The second-order valence-corrected chi connectivity index (χ2v) is 7.41. The van der Waals surface area contributed by atoms with E-state index in [4.69, 9.17) is 37.4 Å². The van der Waals surface area contributed by atoms with E-state index in [1.807, 2.05) is 19.1 Å². The summed E-state index contributed by atoms with van der Waals surface area (Å²) in [7, 11) is 0. The SMILES string of the molecule is CCOc1cc(CNCC2CCCO2)cc(Cl)c1OCc1c(F)cccc1Cl. The summed E-state index contributed by atoms with van der Waals surface area (Å²) in [4.78, 5) is 0. The van der Waals surface area contributed by atoms with Gasteiger partial charge in [0.15, 0.2) is 11.5 Å². The van der Waals surface area contributed by atoms with Crippen molar-refractivity contribution >= 4 is 23.2 Å². The number of ether oxygens (including phenoxy) is 3. The molecule has 3 rings (SSSR count). The van der Waals surface area contributed by atoms with Crippen molar-refractivity contribution in [3.8, 4) is 11.5 Å². The highest BCUT2D eigenvalue weighted by Gasteiger charge is 2.17.